The number of aliphatic hydroxyl groups is 1. The molecular formula is C25H23NO6. The third-order valence-corrected chi connectivity index (χ3v) is 5.04. The van der Waals surface area contributed by atoms with E-state index in [1.807, 2.05) is 0 Å². The normalized spacial score (nSPS) is 13.0. The van der Waals surface area contributed by atoms with Crippen LogP contribution in [0.4, 0.5) is 5.69 Å². The van der Waals surface area contributed by atoms with Gasteiger partial charge in [0.05, 0.1) is 13.2 Å². The SMILES string of the molecule is O=C(COC(=O)C(O)(c1ccccc1)c1ccccc1)Nc1ccc2c(c1)OCCCO2. The maximum absolute atomic E-state index is 13.0. The molecule has 0 fully saturated rings. The highest BCUT2D eigenvalue weighted by molar-refractivity contribution is 5.94. The van der Waals surface area contributed by atoms with E-state index >= 15 is 0 Å². The molecule has 7 nitrogen and oxygen atoms in total. The zero-order valence-electron chi connectivity index (χ0n) is 17.3. The fourth-order valence-electron chi connectivity index (χ4n) is 3.43. The molecule has 4 rings (SSSR count). The Morgan fingerprint density at radius 1 is 0.875 bits per heavy atom. The number of carbonyl (C=O) groups excluding carboxylic acids is 2. The van der Waals surface area contributed by atoms with Crippen molar-refractivity contribution < 1.29 is 28.9 Å². The summed E-state index contributed by atoms with van der Waals surface area (Å²) in [7, 11) is 0. The quantitative estimate of drug-likeness (QED) is 0.580. The number of nitrogens with one attached hydrogen (secondary N) is 1. The first-order chi connectivity index (χ1) is 15.6. The molecule has 32 heavy (non-hydrogen) atoms. The Morgan fingerprint density at radius 3 is 2.09 bits per heavy atom. The fraction of sp³-hybridized carbons (Fsp3) is 0.200. The van der Waals surface area contributed by atoms with Gasteiger partial charge in [0.1, 0.15) is 0 Å². The molecule has 0 aliphatic carbocycles. The molecule has 0 bridgehead atoms. The van der Waals surface area contributed by atoms with Gasteiger partial charge in [-0.2, -0.15) is 0 Å². The van der Waals surface area contributed by atoms with E-state index in [1.165, 1.54) is 0 Å². The molecule has 0 atom stereocenters. The number of hydrogen-bond donors (Lipinski definition) is 2. The lowest BCUT2D eigenvalue weighted by Gasteiger charge is -2.27. The first-order valence-electron chi connectivity index (χ1n) is 10.3. The summed E-state index contributed by atoms with van der Waals surface area (Å²) in [5.41, 5.74) is -0.867. The molecule has 1 heterocycles. The second-order valence-corrected chi connectivity index (χ2v) is 7.28. The van der Waals surface area contributed by atoms with Crippen molar-refractivity contribution in [2.75, 3.05) is 25.1 Å². The lowest BCUT2D eigenvalue weighted by atomic mass is 9.86. The summed E-state index contributed by atoms with van der Waals surface area (Å²) in [4.78, 5) is 25.4. The highest BCUT2D eigenvalue weighted by Gasteiger charge is 2.41. The molecule has 164 valence electrons. The van der Waals surface area contributed by atoms with Crippen molar-refractivity contribution in [3.8, 4) is 11.5 Å². The number of anilines is 1. The predicted molar refractivity (Wildman–Crippen MR) is 118 cm³/mol. The Labute approximate surface area is 185 Å². The van der Waals surface area contributed by atoms with Crippen molar-refractivity contribution >= 4 is 17.6 Å². The van der Waals surface area contributed by atoms with E-state index in [9.17, 15) is 14.7 Å². The van der Waals surface area contributed by atoms with Crippen molar-refractivity contribution in [2.45, 2.75) is 12.0 Å². The summed E-state index contributed by atoms with van der Waals surface area (Å²) in [5, 5.41) is 14.0. The molecular weight excluding hydrogens is 410 g/mol. The fourth-order valence-corrected chi connectivity index (χ4v) is 3.43. The van der Waals surface area contributed by atoms with E-state index in [0.717, 1.165) is 6.42 Å². The molecule has 0 saturated heterocycles. The highest BCUT2D eigenvalue weighted by Crippen LogP contribution is 2.33. The van der Waals surface area contributed by atoms with E-state index in [4.69, 9.17) is 14.2 Å². The number of rotatable bonds is 6. The first kappa shape index (κ1) is 21.4. The minimum atomic E-state index is -2.04. The molecule has 1 aliphatic rings. The predicted octanol–water partition coefficient (Wildman–Crippen LogP) is 3.27. The molecule has 2 N–H and O–H groups in total. The van der Waals surface area contributed by atoms with Gasteiger partial charge >= 0.3 is 5.97 Å². The van der Waals surface area contributed by atoms with Crippen LogP contribution in [0.1, 0.15) is 17.5 Å². The number of benzene rings is 3. The van der Waals surface area contributed by atoms with Gasteiger partial charge in [-0.05, 0) is 23.3 Å². The van der Waals surface area contributed by atoms with E-state index in [2.05, 4.69) is 5.32 Å². The standard InChI is InChI=1S/C25H23NO6/c27-23(26-20-12-13-21-22(16-20)31-15-7-14-30-21)17-32-24(28)25(29,18-8-3-1-4-9-18)19-10-5-2-6-11-19/h1-6,8-13,16,29H,7,14-15,17H2,(H,26,27). The number of hydrogen-bond acceptors (Lipinski definition) is 6. The summed E-state index contributed by atoms with van der Waals surface area (Å²) in [6, 6.07) is 22.0. The van der Waals surface area contributed by atoms with Crippen LogP contribution in [-0.4, -0.2) is 36.8 Å². The minimum absolute atomic E-state index is 0.347. The highest BCUT2D eigenvalue weighted by atomic mass is 16.6. The van der Waals surface area contributed by atoms with Crippen LogP contribution in [0.25, 0.3) is 0 Å². The second kappa shape index (κ2) is 9.53. The van der Waals surface area contributed by atoms with Crippen molar-refractivity contribution in [3.63, 3.8) is 0 Å². The third kappa shape index (κ3) is 4.58. The molecule has 0 unspecified atom stereocenters. The Balaban J connectivity index is 1.45. The van der Waals surface area contributed by atoms with Crippen LogP contribution >= 0.6 is 0 Å². The molecule has 0 spiro atoms. The number of fused-ring (bicyclic) bond motifs is 1. The van der Waals surface area contributed by atoms with Crippen LogP contribution in [0.15, 0.2) is 78.9 Å². The van der Waals surface area contributed by atoms with Crippen LogP contribution in [-0.2, 0) is 19.9 Å². The van der Waals surface area contributed by atoms with Gasteiger partial charge in [0.2, 0.25) is 5.60 Å². The van der Waals surface area contributed by atoms with E-state index in [-0.39, 0.29) is 0 Å². The maximum atomic E-state index is 13.0. The van der Waals surface area contributed by atoms with Gasteiger partial charge in [0.15, 0.2) is 18.1 Å². The third-order valence-electron chi connectivity index (χ3n) is 5.04. The zero-order valence-corrected chi connectivity index (χ0v) is 17.3. The average molecular weight is 433 g/mol. The zero-order chi connectivity index (χ0) is 22.4. The molecule has 3 aromatic carbocycles. The van der Waals surface area contributed by atoms with Gasteiger partial charge in [-0.1, -0.05) is 60.7 Å². The molecule has 0 radical (unpaired) electrons. The molecule has 3 aromatic rings. The summed E-state index contributed by atoms with van der Waals surface area (Å²) >= 11 is 0. The average Bonchev–Trinajstić information content (AvgIpc) is 3.08. The second-order valence-electron chi connectivity index (χ2n) is 7.28. The number of esters is 1. The van der Waals surface area contributed by atoms with Crippen LogP contribution in [0, 0.1) is 0 Å². The van der Waals surface area contributed by atoms with Crippen LogP contribution < -0.4 is 14.8 Å². The lowest BCUT2D eigenvalue weighted by Crippen LogP contribution is -2.39. The van der Waals surface area contributed by atoms with Gasteiger partial charge < -0.3 is 24.6 Å². The van der Waals surface area contributed by atoms with E-state index < -0.39 is 24.1 Å². The summed E-state index contributed by atoms with van der Waals surface area (Å²) in [6.07, 6.45) is 0.776. The summed E-state index contributed by atoms with van der Waals surface area (Å²) in [6.45, 7) is 0.537. The van der Waals surface area contributed by atoms with Gasteiger partial charge in [-0.15, -0.1) is 0 Å². The minimum Gasteiger partial charge on any atom is -0.490 e. The first-order valence-corrected chi connectivity index (χ1v) is 10.3. The van der Waals surface area contributed by atoms with Crippen LogP contribution in [0.3, 0.4) is 0 Å². The Bertz CT molecular complexity index is 1040. The molecule has 1 aliphatic heterocycles. The van der Waals surface area contributed by atoms with Crippen molar-refractivity contribution in [1.29, 1.82) is 0 Å². The summed E-state index contributed by atoms with van der Waals surface area (Å²) < 4.78 is 16.4. The molecule has 0 saturated carbocycles. The topological polar surface area (TPSA) is 94.1 Å². The van der Waals surface area contributed by atoms with Crippen LogP contribution in [0.5, 0.6) is 11.5 Å². The van der Waals surface area contributed by atoms with E-state index in [1.54, 1.807) is 78.9 Å². The smallest absolute Gasteiger partial charge is 0.348 e. The molecule has 7 heteroatoms. The van der Waals surface area contributed by atoms with Gasteiger partial charge in [0.25, 0.3) is 5.91 Å². The van der Waals surface area contributed by atoms with Crippen LogP contribution in [0.2, 0.25) is 0 Å². The molecule has 0 aromatic heterocycles. The maximum Gasteiger partial charge on any atom is 0.348 e. The number of amides is 1. The number of carbonyl (C=O) groups is 2. The van der Waals surface area contributed by atoms with Crippen molar-refractivity contribution in [3.05, 3.63) is 90.0 Å². The monoisotopic (exact) mass is 433 g/mol. The number of ether oxygens (including phenoxy) is 3. The molecule has 1 amide bonds. The Morgan fingerprint density at radius 2 is 1.47 bits per heavy atom. The Hall–Kier alpha value is -3.84. The van der Waals surface area contributed by atoms with Crippen molar-refractivity contribution in [1.82, 2.24) is 0 Å². The van der Waals surface area contributed by atoms with Gasteiger partial charge in [-0.25, -0.2) is 4.79 Å². The van der Waals surface area contributed by atoms with E-state index in [0.29, 0.717) is 41.5 Å². The van der Waals surface area contributed by atoms with Gasteiger partial charge in [0, 0.05) is 18.2 Å². The Kier molecular flexibility index (Phi) is 6.37. The lowest BCUT2D eigenvalue weighted by molar-refractivity contribution is -0.163. The van der Waals surface area contributed by atoms with Gasteiger partial charge in [-0.3, -0.25) is 4.79 Å². The summed E-state index contributed by atoms with van der Waals surface area (Å²) in [5.74, 6) is -0.331. The van der Waals surface area contributed by atoms with Crippen molar-refractivity contribution in [2.24, 2.45) is 0 Å². The largest absolute Gasteiger partial charge is 0.490 e.